The number of aromatic nitrogens is 3. The summed E-state index contributed by atoms with van der Waals surface area (Å²) in [7, 11) is 0. The molecule has 1 aliphatic heterocycles. The molecule has 0 unspecified atom stereocenters. The second-order valence-corrected chi connectivity index (χ2v) is 11.1. The summed E-state index contributed by atoms with van der Waals surface area (Å²) in [5, 5.41) is 7.17. The highest BCUT2D eigenvalue weighted by molar-refractivity contribution is 7.17. The summed E-state index contributed by atoms with van der Waals surface area (Å²) in [6, 6.07) is 7.41. The second-order valence-electron chi connectivity index (χ2n) is 9.65. The summed E-state index contributed by atoms with van der Waals surface area (Å²) in [6.45, 7) is 20.2. The van der Waals surface area contributed by atoms with Crippen molar-refractivity contribution >= 4 is 51.3 Å². The molecule has 0 radical (unpaired) electrons. The van der Waals surface area contributed by atoms with Crippen molar-refractivity contribution in [1.82, 2.24) is 19.9 Å². The highest BCUT2D eigenvalue weighted by Crippen LogP contribution is 2.28. The zero-order chi connectivity index (χ0) is 33.7. The molecule has 0 aliphatic carbocycles. The number of para-hydroxylation sites is 1. The van der Waals surface area contributed by atoms with Crippen LogP contribution in [-0.4, -0.2) is 105 Å². The zero-order valence-electron chi connectivity index (χ0n) is 28.1. The van der Waals surface area contributed by atoms with E-state index in [1.165, 1.54) is 11.3 Å². The van der Waals surface area contributed by atoms with Crippen molar-refractivity contribution < 1.29 is 19.0 Å². The summed E-state index contributed by atoms with van der Waals surface area (Å²) in [6.07, 6.45) is 1.54. The molecular weight excluding hydrogens is 628 g/mol. The number of rotatable bonds is 16. The molecule has 1 aliphatic rings. The first kappa shape index (κ1) is 39.3. The third kappa shape index (κ3) is 13.4. The van der Waals surface area contributed by atoms with Crippen molar-refractivity contribution in [2.24, 2.45) is 5.73 Å². The van der Waals surface area contributed by atoms with Gasteiger partial charge in [-0.15, -0.1) is 0 Å². The predicted molar refractivity (Wildman–Crippen MR) is 189 cm³/mol. The van der Waals surface area contributed by atoms with Crippen LogP contribution in [0.1, 0.15) is 48.8 Å². The van der Waals surface area contributed by atoms with Gasteiger partial charge in [0.15, 0.2) is 5.13 Å². The lowest BCUT2D eigenvalue weighted by atomic mass is 10.2. The Labute approximate surface area is 283 Å². The number of halogens is 1. The fourth-order valence-corrected chi connectivity index (χ4v) is 5.30. The molecule has 1 amide bonds. The van der Waals surface area contributed by atoms with Gasteiger partial charge in [-0.1, -0.05) is 62.8 Å². The zero-order valence-corrected chi connectivity index (χ0v) is 29.7. The van der Waals surface area contributed by atoms with Crippen molar-refractivity contribution in [1.29, 1.82) is 0 Å². The van der Waals surface area contributed by atoms with Gasteiger partial charge in [-0.3, -0.25) is 9.69 Å². The molecule has 0 atom stereocenters. The lowest BCUT2D eigenvalue weighted by Crippen LogP contribution is -2.47. The molecule has 4 N–H and O–H groups in total. The predicted octanol–water partition coefficient (Wildman–Crippen LogP) is 5.38. The smallest absolute Gasteiger partial charge is 0.267 e. The van der Waals surface area contributed by atoms with Crippen molar-refractivity contribution in [3.63, 3.8) is 0 Å². The fraction of sp³-hybridized carbons (Fsp3) is 0.562. The average molecular weight is 679 g/mol. The van der Waals surface area contributed by atoms with Gasteiger partial charge >= 0.3 is 0 Å². The summed E-state index contributed by atoms with van der Waals surface area (Å²) >= 11 is 7.50. The maximum Gasteiger partial charge on any atom is 0.267 e. The number of carbonyl (C=O) groups is 1. The van der Waals surface area contributed by atoms with E-state index in [9.17, 15) is 4.79 Å². The molecule has 46 heavy (non-hydrogen) atoms. The minimum atomic E-state index is -0.267. The number of nitrogens with zero attached hydrogens (tertiary/aromatic N) is 5. The van der Waals surface area contributed by atoms with E-state index in [1.807, 2.05) is 59.7 Å². The van der Waals surface area contributed by atoms with Crippen molar-refractivity contribution in [2.45, 2.75) is 41.5 Å². The molecule has 0 bridgehead atoms. The van der Waals surface area contributed by atoms with Crippen LogP contribution in [-0.2, 0) is 14.2 Å². The Morgan fingerprint density at radius 3 is 2.26 bits per heavy atom. The quantitative estimate of drug-likeness (QED) is 0.168. The normalized spacial score (nSPS) is 12.9. The summed E-state index contributed by atoms with van der Waals surface area (Å²) in [4.78, 5) is 31.5. The number of hydrogen-bond acceptors (Lipinski definition) is 12. The number of amides is 1. The molecule has 12 nitrogen and oxygen atoms in total. The molecule has 1 fully saturated rings. The van der Waals surface area contributed by atoms with Crippen molar-refractivity contribution in [3.8, 4) is 0 Å². The third-order valence-electron chi connectivity index (χ3n) is 6.50. The van der Waals surface area contributed by atoms with Crippen LogP contribution in [0, 0.1) is 13.8 Å². The topological polar surface area (TPSA) is 140 Å². The molecule has 1 aromatic carbocycles. The highest BCUT2D eigenvalue weighted by Gasteiger charge is 2.20. The number of carbonyl (C=O) groups excluding carboxylic acids is 1. The van der Waals surface area contributed by atoms with Crippen LogP contribution in [0.15, 0.2) is 30.5 Å². The summed E-state index contributed by atoms with van der Waals surface area (Å²) in [5.41, 5.74) is 6.86. The van der Waals surface area contributed by atoms with E-state index in [2.05, 4.69) is 35.4 Å². The Balaban J connectivity index is 0.00000177. The SMILES string of the molecule is CC.CC.Cc1nc(Nc2ncc(C(=O)Nc3c(C)cccc3Cl)s2)cc(N2CCN(CCOCCOCCOCCN)CC2)n1. The van der Waals surface area contributed by atoms with Gasteiger partial charge in [-0.25, -0.2) is 15.0 Å². The van der Waals surface area contributed by atoms with E-state index in [1.54, 1.807) is 12.3 Å². The number of benzene rings is 1. The summed E-state index contributed by atoms with van der Waals surface area (Å²) < 4.78 is 16.5. The van der Waals surface area contributed by atoms with Gasteiger partial charge < -0.3 is 35.5 Å². The highest BCUT2D eigenvalue weighted by atomic mass is 35.5. The molecule has 2 aromatic heterocycles. The van der Waals surface area contributed by atoms with E-state index in [0.29, 0.717) is 78.5 Å². The van der Waals surface area contributed by atoms with E-state index in [-0.39, 0.29) is 5.91 Å². The number of nitrogens with two attached hydrogens (primary N) is 1. The first-order valence-electron chi connectivity index (χ1n) is 16.0. The molecule has 14 heteroatoms. The third-order valence-corrected chi connectivity index (χ3v) is 7.73. The first-order valence-corrected chi connectivity index (χ1v) is 17.2. The van der Waals surface area contributed by atoms with Crippen LogP contribution < -0.4 is 21.3 Å². The summed E-state index contributed by atoms with van der Waals surface area (Å²) in [5.74, 6) is 1.88. The van der Waals surface area contributed by atoms with Gasteiger partial charge in [0.2, 0.25) is 0 Å². The van der Waals surface area contributed by atoms with Gasteiger partial charge in [0.05, 0.1) is 56.5 Å². The molecule has 0 saturated carbocycles. The molecule has 3 aromatic rings. The van der Waals surface area contributed by atoms with Crippen molar-refractivity contribution in [2.75, 3.05) is 94.4 Å². The molecule has 4 rings (SSSR count). The van der Waals surface area contributed by atoms with Crippen LogP contribution >= 0.6 is 22.9 Å². The van der Waals surface area contributed by atoms with Crippen LogP contribution in [0.25, 0.3) is 0 Å². The van der Waals surface area contributed by atoms with Crippen LogP contribution in [0.2, 0.25) is 5.02 Å². The molecular formula is C32H51ClN8O4S. The standard InChI is InChI=1S/C28H39ClN8O4S.2C2H6/c1-20-4-3-5-22(29)26(20)35-27(38)23-19-31-28(42-23)34-24-18-25(33-21(2)32-24)37-9-7-36(8-10-37)11-13-40-15-17-41-16-14-39-12-6-30;2*1-2/h3-5,18-19H,6-17,30H2,1-2H3,(H,35,38)(H,31,32,33,34);2*1-2H3. The van der Waals surface area contributed by atoms with Crippen molar-refractivity contribution in [3.05, 3.63) is 51.7 Å². The Morgan fingerprint density at radius 1 is 0.957 bits per heavy atom. The van der Waals surface area contributed by atoms with Gasteiger partial charge in [0, 0.05) is 45.3 Å². The Bertz CT molecular complexity index is 1270. The number of hydrogen-bond donors (Lipinski definition) is 3. The number of piperazine rings is 1. The first-order chi connectivity index (χ1) is 22.4. The van der Waals surface area contributed by atoms with Gasteiger partial charge in [-0.05, 0) is 25.5 Å². The minimum absolute atomic E-state index is 0.267. The maximum absolute atomic E-state index is 12.8. The van der Waals surface area contributed by atoms with Crippen LogP contribution in [0.4, 0.5) is 22.5 Å². The van der Waals surface area contributed by atoms with E-state index >= 15 is 0 Å². The van der Waals surface area contributed by atoms with Crippen LogP contribution in [0.5, 0.6) is 0 Å². The number of thiazole rings is 1. The Morgan fingerprint density at radius 2 is 1.61 bits per heavy atom. The van der Waals surface area contributed by atoms with Crippen LogP contribution in [0.3, 0.4) is 0 Å². The molecule has 1 saturated heterocycles. The molecule has 0 spiro atoms. The Hall–Kier alpha value is -2.91. The van der Waals surface area contributed by atoms with E-state index < -0.39 is 0 Å². The van der Waals surface area contributed by atoms with Gasteiger partial charge in [0.25, 0.3) is 5.91 Å². The largest absolute Gasteiger partial charge is 0.378 e. The number of anilines is 4. The number of nitrogens with one attached hydrogen (secondary N) is 2. The number of ether oxygens (including phenoxy) is 3. The maximum atomic E-state index is 12.8. The van der Waals surface area contributed by atoms with E-state index in [0.717, 1.165) is 44.1 Å². The Kier molecular flexibility index (Phi) is 19.3. The molecule has 3 heterocycles. The fourth-order valence-electron chi connectivity index (χ4n) is 4.31. The minimum Gasteiger partial charge on any atom is -0.378 e. The van der Waals surface area contributed by atoms with Gasteiger partial charge in [-0.2, -0.15) is 0 Å². The lowest BCUT2D eigenvalue weighted by molar-refractivity contribution is 0.0116. The second kappa shape index (κ2) is 22.6. The average Bonchev–Trinajstić information content (AvgIpc) is 3.54. The monoisotopic (exact) mass is 678 g/mol. The van der Waals surface area contributed by atoms with E-state index in [4.69, 9.17) is 31.5 Å². The number of aryl methyl sites for hydroxylation is 2. The lowest BCUT2D eigenvalue weighted by Gasteiger charge is -2.35. The van der Waals surface area contributed by atoms with Gasteiger partial charge in [0.1, 0.15) is 22.3 Å². The molecule has 256 valence electrons.